The third kappa shape index (κ3) is 4.98. The van der Waals surface area contributed by atoms with Gasteiger partial charge in [0.15, 0.2) is 17.5 Å². The first-order valence-corrected chi connectivity index (χ1v) is 7.58. The molecule has 0 saturated heterocycles. The quantitative estimate of drug-likeness (QED) is 0.434. The van der Waals surface area contributed by atoms with Crippen molar-refractivity contribution in [3.8, 4) is 11.5 Å². The van der Waals surface area contributed by atoms with E-state index in [0.29, 0.717) is 25.7 Å². The lowest BCUT2D eigenvalue weighted by atomic mass is 10.2. The second-order valence-corrected chi connectivity index (χ2v) is 5.13. The summed E-state index contributed by atoms with van der Waals surface area (Å²) in [6.45, 7) is 1.74. The van der Waals surface area contributed by atoms with Gasteiger partial charge < -0.3 is 20.1 Å². The number of pyridine rings is 1. The molecule has 1 aromatic heterocycles. The minimum absolute atomic E-state index is 0. The van der Waals surface area contributed by atoms with E-state index in [0.717, 1.165) is 17.2 Å². The largest absolute Gasteiger partial charge is 0.486 e. The van der Waals surface area contributed by atoms with Gasteiger partial charge in [0.05, 0.1) is 18.8 Å². The Balaban J connectivity index is 0.00000208. The van der Waals surface area contributed by atoms with E-state index in [1.165, 1.54) is 0 Å². The Hall–Kier alpha value is -2.03. The molecule has 0 fully saturated rings. The van der Waals surface area contributed by atoms with Crippen molar-refractivity contribution in [1.29, 1.82) is 0 Å². The Morgan fingerprint density at radius 1 is 1.17 bits per heavy atom. The zero-order valence-electron chi connectivity index (χ0n) is 13.4. The Kier molecular flexibility index (Phi) is 7.10. The average Bonchev–Trinajstić information content (AvgIpc) is 2.62. The molecule has 0 radical (unpaired) electrons. The number of hydrogen-bond acceptors (Lipinski definition) is 4. The van der Waals surface area contributed by atoms with Crippen LogP contribution in [-0.4, -0.2) is 37.2 Å². The molecule has 2 aromatic rings. The lowest BCUT2D eigenvalue weighted by Gasteiger charge is -2.27. The molecule has 1 unspecified atom stereocenters. The maximum atomic E-state index is 5.91. The predicted octanol–water partition coefficient (Wildman–Crippen LogP) is 2.20. The van der Waals surface area contributed by atoms with Crippen LogP contribution in [0.15, 0.2) is 53.7 Å². The molecule has 1 aliphatic heterocycles. The summed E-state index contributed by atoms with van der Waals surface area (Å²) < 4.78 is 11.6. The van der Waals surface area contributed by atoms with Crippen molar-refractivity contribution in [3.05, 3.63) is 54.4 Å². The van der Waals surface area contributed by atoms with Crippen LogP contribution in [0.1, 0.15) is 5.69 Å². The summed E-state index contributed by atoms with van der Waals surface area (Å²) in [7, 11) is 1.74. The molecule has 128 valence electrons. The van der Waals surface area contributed by atoms with Gasteiger partial charge in [0, 0.05) is 13.2 Å². The first kappa shape index (κ1) is 18.3. The Morgan fingerprint density at radius 3 is 2.71 bits per heavy atom. The summed E-state index contributed by atoms with van der Waals surface area (Å²) in [5.74, 6) is 2.28. The van der Waals surface area contributed by atoms with Crippen LogP contribution in [-0.2, 0) is 6.54 Å². The normalized spacial score (nSPS) is 16.0. The Labute approximate surface area is 158 Å². The van der Waals surface area contributed by atoms with Gasteiger partial charge in [-0.25, -0.2) is 0 Å². The number of benzene rings is 1. The highest BCUT2D eigenvalue weighted by molar-refractivity contribution is 14.0. The Bertz CT molecular complexity index is 667. The smallest absolute Gasteiger partial charge is 0.191 e. The van der Waals surface area contributed by atoms with E-state index in [9.17, 15) is 0 Å². The number of rotatable bonds is 4. The summed E-state index contributed by atoms with van der Waals surface area (Å²) in [5.41, 5.74) is 0.960. The van der Waals surface area contributed by atoms with Crippen molar-refractivity contribution in [2.75, 3.05) is 20.2 Å². The highest BCUT2D eigenvalue weighted by Gasteiger charge is 2.20. The van der Waals surface area contributed by atoms with E-state index in [1.807, 2.05) is 42.5 Å². The molecule has 3 rings (SSSR count). The van der Waals surface area contributed by atoms with Crippen LogP contribution in [0.3, 0.4) is 0 Å². The molecule has 0 amide bonds. The number of aliphatic imine (C=N–C) groups is 1. The van der Waals surface area contributed by atoms with Crippen LogP contribution in [0.5, 0.6) is 11.5 Å². The van der Waals surface area contributed by atoms with E-state index in [1.54, 1.807) is 13.2 Å². The zero-order valence-corrected chi connectivity index (χ0v) is 15.8. The highest BCUT2D eigenvalue weighted by atomic mass is 127. The standard InChI is InChI=1S/C17H20N4O2.HI/c1-18-17(20-10-13-6-4-5-9-19-13)21-11-14-12-22-15-7-2-3-8-16(15)23-14;/h2-9,14H,10-12H2,1H3,(H2,18,20,21);1H. The van der Waals surface area contributed by atoms with Crippen molar-refractivity contribution in [2.45, 2.75) is 12.6 Å². The minimum Gasteiger partial charge on any atom is -0.486 e. The summed E-state index contributed by atoms with van der Waals surface area (Å²) in [6.07, 6.45) is 1.72. The van der Waals surface area contributed by atoms with Crippen LogP contribution in [0, 0.1) is 0 Å². The monoisotopic (exact) mass is 440 g/mol. The van der Waals surface area contributed by atoms with Gasteiger partial charge in [-0.15, -0.1) is 24.0 Å². The molecule has 1 aliphatic rings. The fourth-order valence-corrected chi connectivity index (χ4v) is 2.27. The van der Waals surface area contributed by atoms with Crippen molar-refractivity contribution in [2.24, 2.45) is 4.99 Å². The van der Waals surface area contributed by atoms with Crippen LogP contribution in [0.25, 0.3) is 0 Å². The topological polar surface area (TPSA) is 67.8 Å². The summed E-state index contributed by atoms with van der Waals surface area (Å²) in [6, 6.07) is 13.5. The lowest BCUT2D eigenvalue weighted by molar-refractivity contribution is 0.0936. The zero-order chi connectivity index (χ0) is 15.9. The van der Waals surface area contributed by atoms with Gasteiger partial charge in [0.25, 0.3) is 0 Å². The SMILES string of the molecule is CN=C(NCc1ccccn1)NCC1COc2ccccc2O1.I. The molecule has 0 saturated carbocycles. The van der Waals surface area contributed by atoms with Gasteiger partial charge in [-0.1, -0.05) is 18.2 Å². The van der Waals surface area contributed by atoms with E-state index < -0.39 is 0 Å². The first-order valence-electron chi connectivity index (χ1n) is 7.58. The number of fused-ring (bicyclic) bond motifs is 1. The van der Waals surface area contributed by atoms with E-state index >= 15 is 0 Å². The van der Waals surface area contributed by atoms with Gasteiger partial charge in [0.2, 0.25) is 0 Å². The molecule has 2 N–H and O–H groups in total. The number of guanidine groups is 1. The molecule has 6 nitrogen and oxygen atoms in total. The van der Waals surface area contributed by atoms with Crippen molar-refractivity contribution >= 4 is 29.9 Å². The molecule has 0 spiro atoms. The number of nitrogens with one attached hydrogen (secondary N) is 2. The number of hydrogen-bond donors (Lipinski definition) is 2. The predicted molar refractivity (Wildman–Crippen MR) is 104 cm³/mol. The van der Waals surface area contributed by atoms with Gasteiger partial charge >= 0.3 is 0 Å². The number of para-hydroxylation sites is 2. The van der Waals surface area contributed by atoms with E-state index in [4.69, 9.17) is 9.47 Å². The maximum absolute atomic E-state index is 5.91. The van der Waals surface area contributed by atoms with Crippen molar-refractivity contribution in [3.63, 3.8) is 0 Å². The molecule has 1 atom stereocenters. The number of halogens is 1. The van der Waals surface area contributed by atoms with Gasteiger partial charge in [-0.2, -0.15) is 0 Å². The fraction of sp³-hybridized carbons (Fsp3) is 0.294. The fourth-order valence-electron chi connectivity index (χ4n) is 2.27. The molecule has 1 aromatic carbocycles. The average molecular weight is 440 g/mol. The molecular formula is C17H21IN4O2. The maximum Gasteiger partial charge on any atom is 0.191 e. The molecular weight excluding hydrogens is 419 g/mol. The molecule has 24 heavy (non-hydrogen) atoms. The van der Waals surface area contributed by atoms with Gasteiger partial charge in [-0.3, -0.25) is 9.98 Å². The second-order valence-electron chi connectivity index (χ2n) is 5.13. The van der Waals surface area contributed by atoms with Gasteiger partial charge in [0.1, 0.15) is 12.7 Å². The van der Waals surface area contributed by atoms with Crippen LogP contribution < -0.4 is 20.1 Å². The first-order chi connectivity index (χ1) is 11.3. The lowest BCUT2D eigenvalue weighted by Crippen LogP contribution is -2.45. The van der Waals surface area contributed by atoms with Crippen molar-refractivity contribution < 1.29 is 9.47 Å². The van der Waals surface area contributed by atoms with E-state index in [2.05, 4.69) is 20.6 Å². The second kappa shape index (κ2) is 9.31. The number of aromatic nitrogens is 1. The van der Waals surface area contributed by atoms with E-state index in [-0.39, 0.29) is 30.1 Å². The number of ether oxygens (including phenoxy) is 2. The molecule has 2 heterocycles. The van der Waals surface area contributed by atoms with Crippen LogP contribution in [0.2, 0.25) is 0 Å². The van der Waals surface area contributed by atoms with Gasteiger partial charge in [-0.05, 0) is 24.3 Å². The van der Waals surface area contributed by atoms with Crippen LogP contribution >= 0.6 is 24.0 Å². The summed E-state index contributed by atoms with van der Waals surface area (Å²) >= 11 is 0. The van der Waals surface area contributed by atoms with Crippen molar-refractivity contribution in [1.82, 2.24) is 15.6 Å². The number of nitrogens with zero attached hydrogens (tertiary/aromatic N) is 2. The van der Waals surface area contributed by atoms with Crippen LogP contribution in [0.4, 0.5) is 0 Å². The summed E-state index contributed by atoms with van der Waals surface area (Å²) in [4.78, 5) is 8.47. The molecule has 0 bridgehead atoms. The molecule has 7 heteroatoms. The third-order valence-corrected chi connectivity index (χ3v) is 3.45. The third-order valence-electron chi connectivity index (χ3n) is 3.45. The minimum atomic E-state index is -0.0571. The Morgan fingerprint density at radius 2 is 1.96 bits per heavy atom. The molecule has 0 aliphatic carbocycles. The highest BCUT2D eigenvalue weighted by Crippen LogP contribution is 2.30. The summed E-state index contributed by atoms with van der Waals surface area (Å²) in [5, 5.41) is 6.47.